The lowest BCUT2D eigenvalue weighted by atomic mass is 10.2. The third-order valence-corrected chi connectivity index (χ3v) is 2.01. The summed E-state index contributed by atoms with van der Waals surface area (Å²) in [5.74, 6) is 0.718. The lowest BCUT2D eigenvalue weighted by molar-refractivity contribution is -0.323. The van der Waals surface area contributed by atoms with Crippen LogP contribution in [0.15, 0.2) is 24.3 Å². The number of rotatable bonds is 6. The zero-order chi connectivity index (χ0) is 12.7. The highest BCUT2D eigenvalue weighted by atomic mass is 19.4. The van der Waals surface area contributed by atoms with Crippen molar-refractivity contribution in [2.75, 3.05) is 20.3 Å². The second-order valence-electron chi connectivity index (χ2n) is 3.32. The van der Waals surface area contributed by atoms with Gasteiger partial charge in [0.15, 0.2) is 0 Å². The van der Waals surface area contributed by atoms with Gasteiger partial charge >= 0.3 is 6.36 Å². The molecule has 3 nitrogen and oxygen atoms in total. The van der Waals surface area contributed by atoms with Gasteiger partial charge in [-0.1, -0.05) is 12.1 Å². The van der Waals surface area contributed by atoms with Crippen LogP contribution in [0, 0.1) is 0 Å². The van der Waals surface area contributed by atoms with Crippen molar-refractivity contribution in [3.8, 4) is 5.75 Å². The molecule has 0 aromatic heterocycles. The SMILES string of the molecule is COc1cccc(CNCCOC(F)(F)F)c1. The van der Waals surface area contributed by atoms with Gasteiger partial charge in [0.05, 0.1) is 13.7 Å². The van der Waals surface area contributed by atoms with Crippen LogP contribution in [0.1, 0.15) is 5.56 Å². The highest BCUT2D eigenvalue weighted by Gasteiger charge is 2.28. The van der Waals surface area contributed by atoms with Crippen LogP contribution in [0.2, 0.25) is 0 Å². The van der Waals surface area contributed by atoms with E-state index in [9.17, 15) is 13.2 Å². The van der Waals surface area contributed by atoms with E-state index < -0.39 is 13.0 Å². The summed E-state index contributed by atoms with van der Waals surface area (Å²) in [5.41, 5.74) is 0.941. The van der Waals surface area contributed by atoms with Gasteiger partial charge in [0.1, 0.15) is 5.75 Å². The van der Waals surface area contributed by atoms with E-state index in [-0.39, 0.29) is 6.54 Å². The van der Waals surface area contributed by atoms with Crippen molar-refractivity contribution >= 4 is 0 Å². The number of nitrogens with one attached hydrogen (secondary N) is 1. The summed E-state index contributed by atoms with van der Waals surface area (Å²) in [4.78, 5) is 0. The summed E-state index contributed by atoms with van der Waals surface area (Å²) in [6, 6.07) is 7.30. The highest BCUT2D eigenvalue weighted by Crippen LogP contribution is 2.15. The molecule has 6 heteroatoms. The van der Waals surface area contributed by atoms with Crippen LogP contribution in [0.4, 0.5) is 13.2 Å². The average Bonchev–Trinajstić information content (AvgIpc) is 2.27. The quantitative estimate of drug-likeness (QED) is 0.785. The van der Waals surface area contributed by atoms with Crippen LogP contribution >= 0.6 is 0 Å². The normalized spacial score (nSPS) is 11.5. The molecule has 0 unspecified atom stereocenters. The minimum absolute atomic E-state index is 0.136. The molecule has 0 spiro atoms. The Bertz CT molecular complexity index is 342. The zero-order valence-corrected chi connectivity index (χ0v) is 9.38. The summed E-state index contributed by atoms with van der Waals surface area (Å²) in [5, 5.41) is 2.85. The van der Waals surface area contributed by atoms with Crippen LogP contribution < -0.4 is 10.1 Å². The Morgan fingerprint density at radius 2 is 2.06 bits per heavy atom. The van der Waals surface area contributed by atoms with Crippen molar-refractivity contribution in [3.05, 3.63) is 29.8 Å². The molecular weight excluding hydrogens is 235 g/mol. The fraction of sp³-hybridized carbons (Fsp3) is 0.455. The molecule has 1 N–H and O–H groups in total. The molecule has 0 aliphatic carbocycles. The van der Waals surface area contributed by atoms with Crippen LogP contribution in [-0.2, 0) is 11.3 Å². The Morgan fingerprint density at radius 1 is 1.29 bits per heavy atom. The molecule has 0 aliphatic heterocycles. The Labute approximate surface area is 97.5 Å². The molecule has 1 aromatic rings. The number of ether oxygens (including phenoxy) is 2. The molecule has 0 saturated carbocycles. The summed E-state index contributed by atoms with van der Waals surface area (Å²) >= 11 is 0. The Morgan fingerprint density at radius 3 is 2.71 bits per heavy atom. The first kappa shape index (κ1) is 13.8. The van der Waals surface area contributed by atoms with Crippen molar-refractivity contribution in [2.45, 2.75) is 12.9 Å². The number of hydrogen-bond acceptors (Lipinski definition) is 3. The maximum Gasteiger partial charge on any atom is 0.522 e. The number of hydrogen-bond donors (Lipinski definition) is 1. The molecule has 0 bridgehead atoms. The molecular formula is C11H14F3NO2. The molecule has 17 heavy (non-hydrogen) atoms. The van der Waals surface area contributed by atoms with Crippen molar-refractivity contribution in [3.63, 3.8) is 0 Å². The Hall–Kier alpha value is -1.27. The van der Waals surface area contributed by atoms with E-state index in [1.165, 1.54) is 0 Å². The predicted octanol–water partition coefficient (Wildman–Crippen LogP) is 2.32. The molecule has 0 fully saturated rings. The first-order valence-corrected chi connectivity index (χ1v) is 5.05. The predicted molar refractivity (Wildman–Crippen MR) is 56.7 cm³/mol. The van der Waals surface area contributed by atoms with Crippen LogP contribution in [0.5, 0.6) is 5.75 Å². The maximum atomic E-state index is 11.6. The van der Waals surface area contributed by atoms with Gasteiger partial charge in [-0.2, -0.15) is 0 Å². The Kier molecular flexibility index (Phi) is 5.24. The van der Waals surface area contributed by atoms with Crippen molar-refractivity contribution < 1.29 is 22.6 Å². The van der Waals surface area contributed by atoms with Crippen molar-refractivity contribution in [1.29, 1.82) is 0 Å². The molecule has 0 atom stereocenters. The first-order valence-electron chi connectivity index (χ1n) is 5.05. The van der Waals surface area contributed by atoms with E-state index in [2.05, 4.69) is 10.1 Å². The van der Waals surface area contributed by atoms with Gasteiger partial charge in [-0.25, -0.2) is 0 Å². The molecule has 1 rings (SSSR count). The number of methoxy groups -OCH3 is 1. The third kappa shape index (κ3) is 6.13. The van der Waals surface area contributed by atoms with E-state index >= 15 is 0 Å². The van der Waals surface area contributed by atoms with E-state index in [4.69, 9.17) is 4.74 Å². The average molecular weight is 249 g/mol. The lowest BCUT2D eigenvalue weighted by Crippen LogP contribution is -2.23. The summed E-state index contributed by atoms with van der Waals surface area (Å²) < 4.78 is 43.6. The van der Waals surface area contributed by atoms with Gasteiger partial charge in [-0.15, -0.1) is 13.2 Å². The van der Waals surface area contributed by atoms with Gasteiger partial charge in [0.25, 0.3) is 0 Å². The third-order valence-electron chi connectivity index (χ3n) is 2.01. The van der Waals surface area contributed by atoms with E-state index in [1.807, 2.05) is 18.2 Å². The molecule has 96 valence electrons. The largest absolute Gasteiger partial charge is 0.522 e. The summed E-state index contributed by atoms with van der Waals surface area (Å²) in [7, 11) is 1.56. The van der Waals surface area contributed by atoms with Gasteiger partial charge in [-0.05, 0) is 17.7 Å². The minimum Gasteiger partial charge on any atom is -0.497 e. The lowest BCUT2D eigenvalue weighted by Gasteiger charge is -2.08. The van der Waals surface area contributed by atoms with Crippen LogP contribution in [0.25, 0.3) is 0 Å². The van der Waals surface area contributed by atoms with Gasteiger partial charge in [0, 0.05) is 13.1 Å². The number of alkyl halides is 3. The van der Waals surface area contributed by atoms with Crippen LogP contribution in [0.3, 0.4) is 0 Å². The standard InChI is InChI=1S/C11H14F3NO2/c1-16-10-4-2-3-9(7-10)8-15-5-6-17-11(12,13)14/h2-4,7,15H,5-6,8H2,1H3. The van der Waals surface area contributed by atoms with E-state index in [0.717, 1.165) is 11.3 Å². The first-order chi connectivity index (χ1) is 8.01. The van der Waals surface area contributed by atoms with Gasteiger partial charge in [0.2, 0.25) is 0 Å². The second-order valence-corrected chi connectivity index (χ2v) is 3.32. The van der Waals surface area contributed by atoms with Crippen LogP contribution in [-0.4, -0.2) is 26.6 Å². The molecule has 0 amide bonds. The summed E-state index contributed by atoms with van der Waals surface area (Å²) in [6.45, 7) is 0.211. The fourth-order valence-electron chi connectivity index (χ4n) is 1.25. The summed E-state index contributed by atoms with van der Waals surface area (Å²) in [6.07, 6.45) is -4.56. The zero-order valence-electron chi connectivity index (χ0n) is 9.38. The smallest absolute Gasteiger partial charge is 0.497 e. The van der Waals surface area contributed by atoms with Gasteiger partial charge < -0.3 is 10.1 Å². The second kappa shape index (κ2) is 6.46. The molecule has 0 saturated heterocycles. The molecule has 1 aromatic carbocycles. The van der Waals surface area contributed by atoms with E-state index in [1.54, 1.807) is 13.2 Å². The topological polar surface area (TPSA) is 30.5 Å². The monoisotopic (exact) mass is 249 g/mol. The Balaban J connectivity index is 2.22. The molecule has 0 radical (unpaired) electrons. The number of benzene rings is 1. The van der Waals surface area contributed by atoms with Crippen molar-refractivity contribution in [1.82, 2.24) is 5.32 Å². The number of halogens is 3. The van der Waals surface area contributed by atoms with Crippen molar-refractivity contribution in [2.24, 2.45) is 0 Å². The molecule has 0 aliphatic rings. The maximum absolute atomic E-state index is 11.6. The van der Waals surface area contributed by atoms with E-state index in [0.29, 0.717) is 6.54 Å². The fourth-order valence-corrected chi connectivity index (χ4v) is 1.25. The highest BCUT2D eigenvalue weighted by molar-refractivity contribution is 5.28. The molecule has 0 heterocycles. The van der Waals surface area contributed by atoms with Gasteiger partial charge in [-0.3, -0.25) is 4.74 Å². The minimum atomic E-state index is -4.56.